The van der Waals surface area contributed by atoms with Crippen LogP contribution in [0.3, 0.4) is 0 Å². The van der Waals surface area contributed by atoms with E-state index in [0.29, 0.717) is 24.5 Å². The lowest BCUT2D eigenvalue weighted by Gasteiger charge is -2.18. The van der Waals surface area contributed by atoms with E-state index in [4.69, 9.17) is 4.74 Å². The van der Waals surface area contributed by atoms with Gasteiger partial charge in [-0.05, 0) is 56.2 Å². The van der Waals surface area contributed by atoms with E-state index in [-0.39, 0.29) is 16.4 Å². The van der Waals surface area contributed by atoms with Crippen molar-refractivity contribution in [3.8, 4) is 11.5 Å². The molecule has 174 valence electrons. The predicted molar refractivity (Wildman–Crippen MR) is 116 cm³/mol. The Hall–Kier alpha value is -2.92. The van der Waals surface area contributed by atoms with Crippen LogP contribution in [0.4, 0.5) is 20.2 Å². The van der Waals surface area contributed by atoms with E-state index in [2.05, 4.69) is 15.4 Å². The molecule has 0 bridgehead atoms. The van der Waals surface area contributed by atoms with Crippen molar-refractivity contribution in [3.63, 3.8) is 0 Å². The summed E-state index contributed by atoms with van der Waals surface area (Å²) in [5.74, 6) is -0.417. The number of sulfonamides is 1. The minimum absolute atomic E-state index is 0.136. The van der Waals surface area contributed by atoms with Crippen LogP contribution in [0.1, 0.15) is 19.8 Å². The number of rotatable bonds is 9. The Morgan fingerprint density at radius 3 is 2.25 bits per heavy atom. The van der Waals surface area contributed by atoms with Crippen LogP contribution < -0.4 is 20.1 Å². The molecule has 2 aromatic carbocycles. The molecule has 1 saturated heterocycles. The molecule has 0 aliphatic carbocycles. The Balaban J connectivity index is 1.63. The van der Waals surface area contributed by atoms with Crippen molar-refractivity contribution in [2.75, 3.05) is 30.8 Å². The number of alkyl halides is 2. The summed E-state index contributed by atoms with van der Waals surface area (Å²) < 4.78 is 61.2. The van der Waals surface area contributed by atoms with Gasteiger partial charge in [0.25, 0.3) is 0 Å². The van der Waals surface area contributed by atoms with Gasteiger partial charge in [0.1, 0.15) is 6.04 Å². The first kappa shape index (κ1) is 23.7. The molecule has 2 N–H and O–H groups in total. The molecule has 1 unspecified atom stereocenters. The van der Waals surface area contributed by atoms with E-state index in [9.17, 15) is 22.0 Å². The number of halogens is 2. The summed E-state index contributed by atoms with van der Waals surface area (Å²) in [7, 11) is -2.19. The molecular formula is C21H25F2N3O5S. The van der Waals surface area contributed by atoms with Gasteiger partial charge < -0.3 is 20.1 Å². The molecule has 1 atom stereocenters. The summed E-state index contributed by atoms with van der Waals surface area (Å²) in [4.78, 5) is 12.7. The van der Waals surface area contributed by atoms with Crippen molar-refractivity contribution in [1.29, 1.82) is 0 Å². The van der Waals surface area contributed by atoms with Gasteiger partial charge in [0.2, 0.25) is 15.9 Å². The maximum Gasteiger partial charge on any atom is 0.387 e. The molecule has 3 rings (SSSR count). The van der Waals surface area contributed by atoms with Crippen molar-refractivity contribution in [2.24, 2.45) is 0 Å². The molecule has 2 aromatic rings. The molecule has 1 fully saturated rings. The maximum absolute atomic E-state index is 12.6. The number of benzene rings is 2. The van der Waals surface area contributed by atoms with Crippen LogP contribution in [0.25, 0.3) is 0 Å². The summed E-state index contributed by atoms with van der Waals surface area (Å²) >= 11 is 0. The summed E-state index contributed by atoms with van der Waals surface area (Å²) in [6.07, 6.45) is 1.70. The van der Waals surface area contributed by atoms with Gasteiger partial charge in [0.15, 0.2) is 11.5 Å². The van der Waals surface area contributed by atoms with E-state index in [0.717, 1.165) is 12.8 Å². The molecule has 32 heavy (non-hydrogen) atoms. The highest BCUT2D eigenvalue weighted by molar-refractivity contribution is 7.89. The Morgan fingerprint density at radius 2 is 1.66 bits per heavy atom. The van der Waals surface area contributed by atoms with E-state index >= 15 is 0 Å². The van der Waals surface area contributed by atoms with Gasteiger partial charge in [0.05, 0.1) is 12.0 Å². The third kappa shape index (κ3) is 5.65. The number of amides is 1. The zero-order valence-corrected chi connectivity index (χ0v) is 18.5. The third-order valence-corrected chi connectivity index (χ3v) is 6.89. The van der Waals surface area contributed by atoms with Crippen molar-refractivity contribution in [1.82, 2.24) is 4.31 Å². The Morgan fingerprint density at radius 1 is 1.03 bits per heavy atom. The molecule has 11 heteroatoms. The van der Waals surface area contributed by atoms with E-state index in [1.807, 2.05) is 0 Å². The number of nitrogens with one attached hydrogen (secondary N) is 2. The lowest BCUT2D eigenvalue weighted by molar-refractivity contribution is -0.116. The fourth-order valence-electron chi connectivity index (χ4n) is 3.31. The molecule has 0 aromatic heterocycles. The molecular weight excluding hydrogens is 444 g/mol. The summed E-state index contributed by atoms with van der Waals surface area (Å²) in [5.41, 5.74) is 0.816. The first-order valence-electron chi connectivity index (χ1n) is 10.0. The summed E-state index contributed by atoms with van der Waals surface area (Å²) in [6, 6.07) is 9.56. The highest BCUT2D eigenvalue weighted by Gasteiger charge is 2.27. The van der Waals surface area contributed by atoms with Crippen molar-refractivity contribution < 1.29 is 31.5 Å². The molecule has 0 radical (unpaired) electrons. The van der Waals surface area contributed by atoms with Crippen molar-refractivity contribution in [3.05, 3.63) is 42.5 Å². The number of carbonyl (C=O) groups is 1. The Kier molecular flexibility index (Phi) is 7.52. The number of hydrogen-bond donors (Lipinski definition) is 2. The van der Waals surface area contributed by atoms with Crippen LogP contribution in [0.2, 0.25) is 0 Å². The van der Waals surface area contributed by atoms with E-state index in [1.165, 1.54) is 47.8 Å². The average molecular weight is 470 g/mol. The zero-order chi connectivity index (χ0) is 23.3. The van der Waals surface area contributed by atoms with Crippen LogP contribution in [-0.4, -0.2) is 51.5 Å². The molecule has 0 saturated carbocycles. The Bertz CT molecular complexity index is 1040. The van der Waals surface area contributed by atoms with Gasteiger partial charge in [-0.15, -0.1) is 0 Å². The first-order valence-corrected chi connectivity index (χ1v) is 11.4. The SMILES string of the molecule is COc1ccc(NC(C)C(=O)Nc2ccc(S(=O)(=O)N3CCCC3)cc2)cc1OC(F)F. The zero-order valence-electron chi connectivity index (χ0n) is 17.7. The van der Waals surface area contributed by atoms with E-state index < -0.39 is 28.6 Å². The van der Waals surface area contributed by atoms with Crippen LogP contribution >= 0.6 is 0 Å². The highest BCUT2D eigenvalue weighted by atomic mass is 32.2. The molecule has 1 heterocycles. The fourth-order valence-corrected chi connectivity index (χ4v) is 4.83. The van der Waals surface area contributed by atoms with Gasteiger partial charge in [-0.25, -0.2) is 8.42 Å². The second kappa shape index (κ2) is 10.1. The minimum Gasteiger partial charge on any atom is -0.493 e. The second-order valence-electron chi connectivity index (χ2n) is 7.23. The van der Waals surface area contributed by atoms with Crippen LogP contribution in [-0.2, 0) is 14.8 Å². The number of ether oxygens (including phenoxy) is 2. The van der Waals surface area contributed by atoms with Crippen LogP contribution in [0, 0.1) is 0 Å². The number of nitrogens with zero attached hydrogens (tertiary/aromatic N) is 1. The second-order valence-corrected chi connectivity index (χ2v) is 9.17. The van der Waals surface area contributed by atoms with Crippen LogP contribution in [0.15, 0.2) is 47.4 Å². The van der Waals surface area contributed by atoms with Gasteiger partial charge in [0, 0.05) is 30.5 Å². The Labute approximate surface area is 185 Å². The van der Waals surface area contributed by atoms with Crippen molar-refractivity contribution in [2.45, 2.75) is 37.3 Å². The first-order chi connectivity index (χ1) is 15.2. The predicted octanol–water partition coefficient (Wildman–Crippen LogP) is 3.52. The highest BCUT2D eigenvalue weighted by Crippen LogP contribution is 2.31. The monoisotopic (exact) mass is 469 g/mol. The number of carbonyl (C=O) groups excluding carboxylic acids is 1. The molecule has 1 aliphatic rings. The minimum atomic E-state index is -3.53. The molecule has 1 amide bonds. The smallest absolute Gasteiger partial charge is 0.387 e. The lowest BCUT2D eigenvalue weighted by atomic mass is 10.2. The van der Waals surface area contributed by atoms with Gasteiger partial charge in [-0.1, -0.05) is 0 Å². The van der Waals surface area contributed by atoms with Gasteiger partial charge in [-0.3, -0.25) is 4.79 Å². The normalized spacial score (nSPS) is 15.4. The van der Waals surface area contributed by atoms with E-state index in [1.54, 1.807) is 13.0 Å². The fraction of sp³-hybridized carbons (Fsp3) is 0.381. The standard InChI is InChI=1S/C21H25F2N3O5S/c1-14(24-16-7-10-18(30-2)19(13-16)31-21(22)23)20(27)25-15-5-8-17(9-6-15)32(28,29)26-11-3-4-12-26/h5-10,13-14,21,24H,3-4,11-12H2,1-2H3,(H,25,27). The van der Waals surface area contributed by atoms with Gasteiger partial charge in [-0.2, -0.15) is 13.1 Å². The third-order valence-electron chi connectivity index (χ3n) is 4.98. The lowest BCUT2D eigenvalue weighted by Crippen LogP contribution is -2.32. The average Bonchev–Trinajstić information content (AvgIpc) is 3.30. The van der Waals surface area contributed by atoms with Crippen LogP contribution in [0.5, 0.6) is 11.5 Å². The maximum atomic E-state index is 12.6. The summed E-state index contributed by atoms with van der Waals surface area (Å²) in [5, 5.41) is 5.60. The molecule has 1 aliphatic heterocycles. The quantitative estimate of drug-likeness (QED) is 0.583. The number of hydrogen-bond acceptors (Lipinski definition) is 6. The summed E-state index contributed by atoms with van der Waals surface area (Å²) in [6.45, 7) is -0.393. The molecule has 8 nitrogen and oxygen atoms in total. The van der Waals surface area contributed by atoms with Gasteiger partial charge >= 0.3 is 6.61 Å². The largest absolute Gasteiger partial charge is 0.493 e. The number of methoxy groups -OCH3 is 1. The van der Waals surface area contributed by atoms with Crippen molar-refractivity contribution >= 4 is 27.3 Å². The molecule has 0 spiro atoms. The topological polar surface area (TPSA) is 97.0 Å². The number of anilines is 2.